The van der Waals surface area contributed by atoms with Crippen LogP contribution in [-0.4, -0.2) is 50.7 Å². The lowest BCUT2D eigenvalue weighted by Crippen LogP contribution is -2.20. The summed E-state index contributed by atoms with van der Waals surface area (Å²) in [4.78, 5) is 20.0. The molecule has 0 aromatic heterocycles. The molecule has 0 rings (SSSR count). The van der Waals surface area contributed by atoms with Crippen LogP contribution in [-0.2, 0) is 19.1 Å². The van der Waals surface area contributed by atoms with Crippen molar-refractivity contribution >= 4 is 12.6 Å². The summed E-state index contributed by atoms with van der Waals surface area (Å²) >= 11 is 0. The molecule has 0 saturated heterocycles. The summed E-state index contributed by atoms with van der Waals surface area (Å²) in [6, 6.07) is 0. The summed E-state index contributed by atoms with van der Waals surface area (Å²) in [5.41, 5.74) is 0. The number of aliphatic hydroxyl groups is 1. The van der Waals surface area contributed by atoms with Gasteiger partial charge < -0.3 is 24.2 Å². The number of hydrogen-bond acceptors (Lipinski definition) is 5. The summed E-state index contributed by atoms with van der Waals surface area (Å²) in [7, 11) is 0. The van der Waals surface area contributed by atoms with E-state index in [1.165, 1.54) is 0 Å². The van der Waals surface area contributed by atoms with Crippen molar-refractivity contribution in [2.45, 2.75) is 12.8 Å². The average molecular weight is 218 g/mol. The number of hydrogen-bond donors (Lipinski definition) is 1. The van der Waals surface area contributed by atoms with Gasteiger partial charge in [-0.15, -0.1) is 0 Å². The molecule has 0 radical (unpaired) electrons. The van der Waals surface area contributed by atoms with E-state index in [1.54, 1.807) is 0 Å². The van der Waals surface area contributed by atoms with Crippen molar-refractivity contribution in [1.29, 1.82) is 0 Å². The highest BCUT2D eigenvalue weighted by Crippen LogP contribution is 1.98. The second kappa shape index (κ2) is 11.3. The molecule has 88 valence electrons. The topological polar surface area (TPSA) is 72.8 Å². The number of rotatable bonds is 11. The first-order valence-electron chi connectivity index (χ1n) is 4.98. The lowest BCUT2D eigenvalue weighted by molar-refractivity contribution is -0.109. The molecule has 0 bridgehead atoms. The molecule has 0 amide bonds. The Morgan fingerprint density at radius 3 is 1.80 bits per heavy atom. The van der Waals surface area contributed by atoms with E-state index in [-0.39, 0.29) is 12.5 Å². The van der Waals surface area contributed by atoms with Gasteiger partial charge in [0.05, 0.1) is 33.0 Å². The molecule has 0 aromatic carbocycles. The largest absolute Gasteiger partial charge is 0.396 e. The van der Waals surface area contributed by atoms with E-state index < -0.39 is 0 Å². The highest BCUT2D eigenvalue weighted by Gasteiger charge is 2.07. The van der Waals surface area contributed by atoms with Gasteiger partial charge in [-0.3, -0.25) is 0 Å². The van der Waals surface area contributed by atoms with Crippen molar-refractivity contribution in [3.05, 3.63) is 0 Å². The van der Waals surface area contributed by atoms with Gasteiger partial charge in [0.2, 0.25) is 0 Å². The van der Waals surface area contributed by atoms with Crippen LogP contribution in [0.1, 0.15) is 12.8 Å². The van der Waals surface area contributed by atoms with E-state index in [1.807, 2.05) is 0 Å². The molecule has 0 aliphatic rings. The minimum atomic E-state index is -0.0942. The quantitative estimate of drug-likeness (QED) is 0.384. The van der Waals surface area contributed by atoms with Gasteiger partial charge in [-0.1, -0.05) is 0 Å². The Labute approximate surface area is 89.4 Å². The molecule has 0 atom stereocenters. The van der Waals surface area contributed by atoms with Crippen LogP contribution in [0.15, 0.2) is 0 Å². The summed E-state index contributed by atoms with van der Waals surface area (Å²) in [5, 5.41) is 8.94. The Balaban J connectivity index is 3.37. The third-order valence-corrected chi connectivity index (χ3v) is 1.73. The fraction of sp³-hybridized carbons (Fsp3) is 0.800. The van der Waals surface area contributed by atoms with E-state index in [0.29, 0.717) is 39.3 Å². The molecule has 15 heavy (non-hydrogen) atoms. The van der Waals surface area contributed by atoms with Crippen LogP contribution < -0.4 is 0 Å². The lowest BCUT2D eigenvalue weighted by atomic mass is 10.2. The zero-order valence-corrected chi connectivity index (χ0v) is 8.76. The van der Waals surface area contributed by atoms with Gasteiger partial charge in [0.25, 0.3) is 0 Å². The van der Waals surface area contributed by atoms with Crippen LogP contribution in [0.3, 0.4) is 0 Å². The number of ether oxygens (including phenoxy) is 2. The lowest BCUT2D eigenvalue weighted by Gasteiger charge is -2.13. The molecule has 5 nitrogen and oxygen atoms in total. The van der Waals surface area contributed by atoms with Crippen LogP contribution in [0.5, 0.6) is 0 Å². The number of aldehydes is 2. The second-order valence-corrected chi connectivity index (χ2v) is 3.11. The van der Waals surface area contributed by atoms with Crippen LogP contribution in [0.25, 0.3) is 0 Å². The molecule has 0 fully saturated rings. The predicted molar refractivity (Wildman–Crippen MR) is 53.6 cm³/mol. The van der Waals surface area contributed by atoms with E-state index in [2.05, 4.69) is 0 Å². The maximum Gasteiger partial charge on any atom is 0.122 e. The minimum Gasteiger partial charge on any atom is -0.396 e. The summed E-state index contributed by atoms with van der Waals surface area (Å²) in [6.45, 7) is 1.45. The summed E-state index contributed by atoms with van der Waals surface area (Å²) in [6.07, 6.45) is 2.30. The molecule has 1 N–H and O–H groups in total. The van der Waals surface area contributed by atoms with Crippen molar-refractivity contribution in [2.24, 2.45) is 5.92 Å². The first-order valence-corrected chi connectivity index (χ1v) is 4.98. The number of carbonyl (C=O) groups excluding carboxylic acids is 2. The average Bonchev–Trinajstić information content (AvgIpc) is 2.27. The molecule has 0 aliphatic heterocycles. The van der Waals surface area contributed by atoms with Gasteiger partial charge in [-0.05, 0) is 0 Å². The third kappa shape index (κ3) is 9.52. The minimum absolute atomic E-state index is 0.0256. The zero-order valence-electron chi connectivity index (χ0n) is 8.76. The van der Waals surface area contributed by atoms with E-state index >= 15 is 0 Å². The summed E-state index contributed by atoms with van der Waals surface area (Å²) in [5.74, 6) is -0.0942. The van der Waals surface area contributed by atoms with Gasteiger partial charge in [0.1, 0.15) is 12.6 Å². The number of aliphatic hydroxyl groups excluding tert-OH is 1. The Bertz CT molecular complexity index is 144. The van der Waals surface area contributed by atoms with Crippen molar-refractivity contribution in [3.8, 4) is 0 Å². The first-order chi connectivity index (χ1) is 7.35. The van der Waals surface area contributed by atoms with Crippen LogP contribution in [0.2, 0.25) is 0 Å². The second-order valence-electron chi connectivity index (χ2n) is 3.11. The standard InChI is InChI=1S/C10H18O5/c11-3-1-5-14-8-10(7-13)9-15-6-2-4-12/h3-4,10,13H,1-2,5-9H2. The molecular weight excluding hydrogens is 200 g/mol. The van der Waals surface area contributed by atoms with Crippen molar-refractivity contribution in [3.63, 3.8) is 0 Å². The van der Waals surface area contributed by atoms with E-state index in [9.17, 15) is 9.59 Å². The molecule has 0 saturated carbocycles. The molecule has 0 spiro atoms. The SMILES string of the molecule is O=CCCOCC(CO)COCCC=O. The van der Waals surface area contributed by atoms with Gasteiger partial charge in [-0.2, -0.15) is 0 Å². The maximum atomic E-state index is 9.98. The molecule has 0 aromatic rings. The smallest absolute Gasteiger partial charge is 0.122 e. The number of carbonyl (C=O) groups is 2. The Hall–Kier alpha value is -0.780. The zero-order chi connectivity index (χ0) is 11.4. The van der Waals surface area contributed by atoms with E-state index in [4.69, 9.17) is 14.6 Å². The monoisotopic (exact) mass is 218 g/mol. The molecule has 0 heterocycles. The fourth-order valence-corrected chi connectivity index (χ4v) is 0.916. The molecule has 0 aliphatic carbocycles. The van der Waals surface area contributed by atoms with Gasteiger partial charge >= 0.3 is 0 Å². The van der Waals surface area contributed by atoms with Crippen molar-refractivity contribution in [2.75, 3.05) is 33.0 Å². The third-order valence-electron chi connectivity index (χ3n) is 1.73. The van der Waals surface area contributed by atoms with Gasteiger partial charge in [0, 0.05) is 18.8 Å². The van der Waals surface area contributed by atoms with Crippen LogP contribution in [0, 0.1) is 5.92 Å². The molecular formula is C10H18O5. The Morgan fingerprint density at radius 1 is 1.00 bits per heavy atom. The Morgan fingerprint density at radius 2 is 1.47 bits per heavy atom. The maximum absolute atomic E-state index is 9.98. The fourth-order valence-electron chi connectivity index (χ4n) is 0.916. The van der Waals surface area contributed by atoms with E-state index in [0.717, 1.165) is 12.6 Å². The Kier molecular flexibility index (Phi) is 10.7. The van der Waals surface area contributed by atoms with Crippen LogP contribution >= 0.6 is 0 Å². The first kappa shape index (κ1) is 14.2. The molecule has 5 heteroatoms. The highest BCUT2D eigenvalue weighted by atomic mass is 16.5. The van der Waals surface area contributed by atoms with Crippen molar-refractivity contribution < 1.29 is 24.2 Å². The van der Waals surface area contributed by atoms with Crippen LogP contribution in [0.4, 0.5) is 0 Å². The van der Waals surface area contributed by atoms with Crippen molar-refractivity contribution in [1.82, 2.24) is 0 Å². The van der Waals surface area contributed by atoms with Gasteiger partial charge in [0.15, 0.2) is 0 Å². The normalized spacial score (nSPS) is 10.5. The molecule has 0 unspecified atom stereocenters. The van der Waals surface area contributed by atoms with Gasteiger partial charge in [-0.25, -0.2) is 0 Å². The summed E-state index contributed by atoms with van der Waals surface area (Å²) < 4.78 is 10.3. The predicted octanol–water partition coefficient (Wildman–Crippen LogP) is -0.194. The highest BCUT2D eigenvalue weighted by molar-refractivity contribution is 5.49.